The van der Waals surface area contributed by atoms with Gasteiger partial charge >= 0.3 is 0 Å². The highest BCUT2D eigenvalue weighted by Gasteiger charge is 2.27. The van der Waals surface area contributed by atoms with Gasteiger partial charge in [0.15, 0.2) is 10.9 Å². The number of hydrogen-bond donors (Lipinski definition) is 1. The molecule has 0 bridgehead atoms. The van der Waals surface area contributed by atoms with Gasteiger partial charge in [-0.05, 0) is 18.2 Å². The van der Waals surface area contributed by atoms with Crippen LogP contribution >= 0.6 is 23.4 Å². The Morgan fingerprint density at radius 2 is 1.93 bits per heavy atom. The molecule has 3 aromatic rings. The van der Waals surface area contributed by atoms with Gasteiger partial charge in [-0.2, -0.15) is 0 Å². The van der Waals surface area contributed by atoms with E-state index in [1.165, 1.54) is 28.6 Å². The molecule has 1 aromatic heterocycles. The molecule has 1 atom stereocenters. The van der Waals surface area contributed by atoms with E-state index in [1.807, 2.05) is 6.07 Å². The van der Waals surface area contributed by atoms with Crippen LogP contribution in [0, 0.1) is 5.92 Å². The highest BCUT2D eigenvalue weighted by molar-refractivity contribution is 7.99. The zero-order chi connectivity index (χ0) is 20.4. The van der Waals surface area contributed by atoms with Gasteiger partial charge in [-0.1, -0.05) is 53.7 Å². The Morgan fingerprint density at radius 3 is 2.72 bits per heavy atom. The fraction of sp³-hybridized carbons (Fsp3) is 0.143. The van der Waals surface area contributed by atoms with Gasteiger partial charge in [-0.3, -0.25) is 19.0 Å². The molecule has 0 aliphatic carbocycles. The van der Waals surface area contributed by atoms with Gasteiger partial charge in [-0.25, -0.2) is 4.98 Å². The number of benzene rings is 2. The number of amides is 1. The van der Waals surface area contributed by atoms with Gasteiger partial charge in [0.2, 0.25) is 5.91 Å². The van der Waals surface area contributed by atoms with E-state index in [-0.39, 0.29) is 23.8 Å². The number of nitrogens with one attached hydrogen (secondary N) is 1. The molecule has 0 saturated carbocycles. The zero-order valence-corrected chi connectivity index (χ0v) is 16.7. The van der Waals surface area contributed by atoms with Crippen molar-refractivity contribution in [2.75, 3.05) is 11.1 Å². The minimum atomic E-state index is -0.426. The van der Waals surface area contributed by atoms with Crippen LogP contribution in [-0.4, -0.2) is 27.0 Å². The predicted octanol–water partition coefficient (Wildman–Crippen LogP) is 3.49. The second-order valence-electron chi connectivity index (χ2n) is 6.56. The molecule has 8 heteroatoms. The second kappa shape index (κ2) is 8.23. The lowest BCUT2D eigenvalue weighted by Crippen LogP contribution is -2.36. The lowest BCUT2D eigenvalue weighted by atomic mass is 10.0. The molecule has 1 N–H and O–H groups in total. The minimum absolute atomic E-state index is 0.188. The highest BCUT2D eigenvalue weighted by atomic mass is 35.5. The third-order valence-corrected chi connectivity index (χ3v) is 5.99. The fourth-order valence-electron chi connectivity index (χ4n) is 3.10. The number of carbonyl (C=O) groups is 2. The first-order valence-electron chi connectivity index (χ1n) is 8.92. The van der Waals surface area contributed by atoms with Crippen LogP contribution in [0.4, 0.5) is 5.69 Å². The minimum Gasteiger partial charge on any atom is -0.325 e. The van der Waals surface area contributed by atoms with Crippen molar-refractivity contribution in [3.8, 4) is 0 Å². The van der Waals surface area contributed by atoms with Crippen LogP contribution < -0.4 is 10.9 Å². The maximum absolute atomic E-state index is 12.9. The number of carbonyl (C=O) groups excluding carboxylic acids is 2. The molecule has 1 unspecified atom stereocenters. The molecule has 1 aliphatic heterocycles. The molecule has 0 radical (unpaired) electrons. The van der Waals surface area contributed by atoms with Crippen LogP contribution in [0.3, 0.4) is 0 Å². The van der Waals surface area contributed by atoms with Crippen LogP contribution in [0.15, 0.2) is 70.7 Å². The van der Waals surface area contributed by atoms with Crippen LogP contribution in [0.5, 0.6) is 0 Å². The van der Waals surface area contributed by atoms with Gasteiger partial charge in [0.05, 0.1) is 11.6 Å². The topological polar surface area (TPSA) is 81.1 Å². The monoisotopic (exact) mass is 425 g/mol. The molecule has 146 valence electrons. The molecule has 1 aliphatic rings. The second-order valence-corrected chi connectivity index (χ2v) is 7.98. The zero-order valence-electron chi connectivity index (χ0n) is 15.2. The van der Waals surface area contributed by atoms with Crippen molar-refractivity contribution >= 4 is 40.7 Å². The Morgan fingerprint density at radius 1 is 1.14 bits per heavy atom. The molecule has 6 nitrogen and oxygen atoms in total. The van der Waals surface area contributed by atoms with Crippen molar-refractivity contribution in [1.29, 1.82) is 0 Å². The summed E-state index contributed by atoms with van der Waals surface area (Å²) >= 11 is 7.46. The third-order valence-electron chi connectivity index (χ3n) is 4.61. The van der Waals surface area contributed by atoms with Crippen molar-refractivity contribution in [2.24, 2.45) is 5.92 Å². The maximum Gasteiger partial charge on any atom is 0.254 e. The average molecular weight is 426 g/mol. The molecular weight excluding hydrogens is 410 g/mol. The van der Waals surface area contributed by atoms with Crippen LogP contribution in [0.2, 0.25) is 5.02 Å². The van der Waals surface area contributed by atoms with Gasteiger partial charge in [0.25, 0.3) is 5.56 Å². The Labute approximate surface area is 175 Å². The number of hydrogen-bond acceptors (Lipinski definition) is 5. The summed E-state index contributed by atoms with van der Waals surface area (Å²) < 4.78 is 1.50. The number of nitrogens with zero attached hydrogens (tertiary/aromatic N) is 2. The molecule has 0 spiro atoms. The fourth-order valence-corrected chi connectivity index (χ4v) is 4.34. The summed E-state index contributed by atoms with van der Waals surface area (Å²) in [5, 5.41) is 3.85. The van der Waals surface area contributed by atoms with E-state index in [0.717, 1.165) is 0 Å². The number of halogens is 1. The summed E-state index contributed by atoms with van der Waals surface area (Å²) in [5.41, 5.74) is 1.03. The van der Waals surface area contributed by atoms with E-state index >= 15 is 0 Å². The van der Waals surface area contributed by atoms with Crippen LogP contribution in [0.1, 0.15) is 15.9 Å². The van der Waals surface area contributed by atoms with Crippen molar-refractivity contribution in [2.45, 2.75) is 11.7 Å². The molecule has 29 heavy (non-hydrogen) atoms. The first-order valence-corrected chi connectivity index (χ1v) is 10.3. The largest absolute Gasteiger partial charge is 0.325 e. The summed E-state index contributed by atoms with van der Waals surface area (Å²) in [7, 11) is 0. The van der Waals surface area contributed by atoms with E-state index in [2.05, 4.69) is 10.3 Å². The number of anilines is 1. The summed E-state index contributed by atoms with van der Waals surface area (Å²) in [6.45, 7) is 0.246. The van der Waals surface area contributed by atoms with Gasteiger partial charge in [-0.15, -0.1) is 0 Å². The Bertz CT molecular complexity index is 1150. The summed E-state index contributed by atoms with van der Waals surface area (Å²) in [6.07, 6.45) is 1.47. The van der Waals surface area contributed by atoms with E-state index in [1.54, 1.807) is 42.5 Å². The number of rotatable bonds is 4. The normalized spacial score (nSPS) is 15.4. The van der Waals surface area contributed by atoms with Gasteiger partial charge in [0, 0.05) is 40.7 Å². The number of aromatic nitrogens is 2. The third kappa shape index (κ3) is 4.11. The number of ketones is 1. The summed E-state index contributed by atoms with van der Waals surface area (Å²) in [5.74, 6) is -0.419. The predicted molar refractivity (Wildman–Crippen MR) is 113 cm³/mol. The van der Waals surface area contributed by atoms with Gasteiger partial charge < -0.3 is 5.32 Å². The lowest BCUT2D eigenvalue weighted by molar-refractivity contribution is -0.119. The standard InChI is InChI=1S/C21H16ClN3O3S/c22-15-6-7-17(16(10-15)19(27)13-4-2-1-3-5-13)24-20(28)14-11-25-18(26)8-9-23-21(25)29-12-14/h1-10,14H,11-12H2,(H,24,28). The van der Waals surface area contributed by atoms with E-state index < -0.39 is 5.92 Å². The molecule has 4 rings (SSSR count). The van der Waals surface area contributed by atoms with E-state index in [4.69, 9.17) is 11.6 Å². The first-order chi connectivity index (χ1) is 14.0. The molecule has 2 heterocycles. The van der Waals surface area contributed by atoms with Crippen LogP contribution in [0.25, 0.3) is 0 Å². The van der Waals surface area contributed by atoms with Crippen molar-refractivity contribution < 1.29 is 9.59 Å². The van der Waals surface area contributed by atoms with Crippen LogP contribution in [-0.2, 0) is 11.3 Å². The first kappa shape index (κ1) is 19.4. The lowest BCUT2D eigenvalue weighted by Gasteiger charge is -2.24. The Hall–Kier alpha value is -2.90. The van der Waals surface area contributed by atoms with E-state index in [9.17, 15) is 14.4 Å². The Kier molecular flexibility index (Phi) is 5.51. The molecule has 1 amide bonds. The maximum atomic E-state index is 12.9. The number of fused-ring (bicyclic) bond motifs is 1. The van der Waals surface area contributed by atoms with Crippen molar-refractivity contribution in [3.05, 3.63) is 87.3 Å². The van der Waals surface area contributed by atoms with Gasteiger partial charge in [0.1, 0.15) is 0 Å². The van der Waals surface area contributed by atoms with Crippen molar-refractivity contribution in [3.63, 3.8) is 0 Å². The molecule has 0 saturated heterocycles. The van der Waals surface area contributed by atoms with E-state index in [0.29, 0.717) is 32.7 Å². The van der Waals surface area contributed by atoms with Crippen molar-refractivity contribution in [1.82, 2.24) is 9.55 Å². The quantitative estimate of drug-likeness (QED) is 0.511. The summed E-state index contributed by atoms with van der Waals surface area (Å²) in [6, 6.07) is 15.0. The SMILES string of the molecule is O=C(c1ccccc1)c1cc(Cl)ccc1NC(=O)C1CSc2nccc(=O)n2C1. The number of thioether (sulfide) groups is 1. The molecular formula is C21H16ClN3O3S. The molecule has 0 fully saturated rings. The summed E-state index contributed by atoms with van der Waals surface area (Å²) in [4.78, 5) is 42.0. The highest BCUT2D eigenvalue weighted by Crippen LogP contribution is 2.28. The Balaban J connectivity index is 1.59. The smallest absolute Gasteiger partial charge is 0.254 e. The average Bonchev–Trinajstić information content (AvgIpc) is 2.75. The molecule has 2 aromatic carbocycles.